The summed E-state index contributed by atoms with van der Waals surface area (Å²) in [7, 11) is 0. The van der Waals surface area contributed by atoms with Gasteiger partial charge in [0.2, 0.25) is 5.91 Å². The second-order valence-corrected chi connectivity index (χ2v) is 5.76. The quantitative estimate of drug-likeness (QED) is 0.669. The number of hydrogen-bond acceptors (Lipinski definition) is 5. The van der Waals surface area contributed by atoms with E-state index in [-0.39, 0.29) is 11.7 Å². The molecule has 0 saturated carbocycles. The number of amides is 1. The van der Waals surface area contributed by atoms with Gasteiger partial charge >= 0.3 is 0 Å². The fraction of sp³-hybridized carbons (Fsp3) is 0.118. The number of aryl methyl sites for hydroxylation is 1. The molecule has 2 heterocycles. The van der Waals surface area contributed by atoms with E-state index >= 15 is 0 Å². The Morgan fingerprint density at radius 1 is 1.21 bits per heavy atom. The molecule has 3 N–H and O–H groups in total. The smallest absolute Gasteiger partial charge is 0.222 e. The van der Waals surface area contributed by atoms with E-state index in [1.807, 2.05) is 6.07 Å². The lowest BCUT2D eigenvalue weighted by Gasteiger charge is -2.12. The number of nitrogens with one attached hydrogen (secondary N) is 2. The number of halogens is 1. The van der Waals surface area contributed by atoms with Gasteiger partial charge in [-0.2, -0.15) is 0 Å². The van der Waals surface area contributed by atoms with Crippen molar-refractivity contribution in [3.8, 4) is 5.75 Å². The summed E-state index contributed by atoms with van der Waals surface area (Å²) in [5.74, 6) is 0.398. The molecule has 1 aromatic carbocycles. The molecule has 0 spiro atoms. The molecule has 3 rings (SSSR count). The molecule has 7 heteroatoms. The molecule has 0 radical (unpaired) electrons. The van der Waals surface area contributed by atoms with Crippen molar-refractivity contribution < 1.29 is 9.90 Å². The summed E-state index contributed by atoms with van der Waals surface area (Å²) in [6.45, 7) is 3.20. The standard InChI is InChI=1S/C17H15ClN4O2/c1-9-7-12(18)14(8-15(9)24)21-13-5-6-19-17-11(13)3-4-16(22-17)20-10(2)23/h3-8,24H,1-2H3,(H2,19,20,21,22,23). The third-order valence-corrected chi connectivity index (χ3v) is 3.78. The summed E-state index contributed by atoms with van der Waals surface area (Å²) in [6.07, 6.45) is 1.61. The SMILES string of the molecule is CC(=O)Nc1ccc2c(Nc3cc(O)c(C)cc3Cl)ccnc2n1. The van der Waals surface area contributed by atoms with Crippen molar-refractivity contribution >= 4 is 45.7 Å². The zero-order valence-electron chi connectivity index (χ0n) is 13.1. The van der Waals surface area contributed by atoms with E-state index in [4.69, 9.17) is 11.6 Å². The van der Waals surface area contributed by atoms with Crippen LogP contribution in [0.1, 0.15) is 12.5 Å². The van der Waals surface area contributed by atoms with Gasteiger partial charge in [-0.15, -0.1) is 0 Å². The molecule has 0 unspecified atom stereocenters. The molecule has 2 aromatic heterocycles. The number of anilines is 3. The Labute approximate surface area is 143 Å². The Hall–Kier alpha value is -2.86. The van der Waals surface area contributed by atoms with Crippen LogP contribution in [0.4, 0.5) is 17.2 Å². The molecule has 24 heavy (non-hydrogen) atoms. The lowest BCUT2D eigenvalue weighted by atomic mass is 10.2. The minimum Gasteiger partial charge on any atom is -0.508 e. The second-order valence-electron chi connectivity index (χ2n) is 5.35. The number of aromatic hydroxyl groups is 1. The van der Waals surface area contributed by atoms with E-state index in [0.717, 1.165) is 11.1 Å². The van der Waals surface area contributed by atoms with Gasteiger partial charge in [0.25, 0.3) is 0 Å². The molecule has 6 nitrogen and oxygen atoms in total. The van der Waals surface area contributed by atoms with Crippen molar-refractivity contribution in [1.82, 2.24) is 9.97 Å². The van der Waals surface area contributed by atoms with Crippen LogP contribution in [0.15, 0.2) is 36.5 Å². The molecule has 0 aliphatic rings. The summed E-state index contributed by atoms with van der Waals surface area (Å²) in [5.41, 5.74) is 2.51. The number of phenols is 1. The highest BCUT2D eigenvalue weighted by molar-refractivity contribution is 6.33. The van der Waals surface area contributed by atoms with Gasteiger partial charge in [0.05, 0.1) is 16.4 Å². The first-order valence-electron chi connectivity index (χ1n) is 7.23. The van der Waals surface area contributed by atoms with E-state index in [1.165, 1.54) is 6.92 Å². The third kappa shape index (κ3) is 3.23. The Morgan fingerprint density at radius 2 is 2.00 bits per heavy atom. The van der Waals surface area contributed by atoms with Crippen molar-refractivity contribution in [3.63, 3.8) is 0 Å². The maximum absolute atomic E-state index is 11.1. The first kappa shape index (κ1) is 16.0. The number of rotatable bonds is 3. The van der Waals surface area contributed by atoms with Gasteiger partial charge in [-0.25, -0.2) is 9.97 Å². The maximum atomic E-state index is 11.1. The lowest BCUT2D eigenvalue weighted by Crippen LogP contribution is -2.07. The number of aromatic nitrogens is 2. The van der Waals surface area contributed by atoms with Crippen LogP contribution < -0.4 is 10.6 Å². The van der Waals surface area contributed by atoms with Crippen molar-refractivity contribution in [1.29, 1.82) is 0 Å². The summed E-state index contributed by atoms with van der Waals surface area (Å²) in [4.78, 5) is 19.7. The topological polar surface area (TPSA) is 87.1 Å². The fourth-order valence-corrected chi connectivity index (χ4v) is 2.56. The fourth-order valence-electron chi connectivity index (χ4n) is 2.29. The zero-order valence-corrected chi connectivity index (χ0v) is 13.8. The van der Waals surface area contributed by atoms with E-state index < -0.39 is 0 Å². The molecule has 0 aliphatic carbocycles. The van der Waals surface area contributed by atoms with Gasteiger partial charge in [0.1, 0.15) is 11.6 Å². The van der Waals surface area contributed by atoms with Crippen molar-refractivity contribution in [2.75, 3.05) is 10.6 Å². The molecule has 3 aromatic rings. The van der Waals surface area contributed by atoms with E-state index in [1.54, 1.807) is 37.4 Å². The summed E-state index contributed by atoms with van der Waals surface area (Å²) in [6, 6.07) is 8.56. The number of carbonyl (C=O) groups is 1. The van der Waals surface area contributed by atoms with Gasteiger partial charge in [0, 0.05) is 24.6 Å². The van der Waals surface area contributed by atoms with Crippen LogP contribution in [-0.4, -0.2) is 21.0 Å². The van der Waals surface area contributed by atoms with Crippen LogP contribution in [0, 0.1) is 6.92 Å². The summed E-state index contributed by atoms with van der Waals surface area (Å²) >= 11 is 6.23. The number of phenolic OH excluding ortho intramolecular Hbond substituents is 1. The van der Waals surface area contributed by atoms with Gasteiger partial charge in [0.15, 0.2) is 5.65 Å². The molecule has 0 atom stereocenters. The Bertz CT molecular complexity index is 943. The molecule has 122 valence electrons. The molecule has 1 amide bonds. The monoisotopic (exact) mass is 342 g/mol. The second kappa shape index (κ2) is 6.33. The number of benzene rings is 1. The van der Waals surface area contributed by atoms with Crippen molar-refractivity contribution in [3.05, 3.63) is 47.1 Å². The van der Waals surface area contributed by atoms with Crippen LogP contribution in [0.2, 0.25) is 5.02 Å². The average Bonchev–Trinajstić information content (AvgIpc) is 2.52. The van der Waals surface area contributed by atoms with E-state index in [9.17, 15) is 9.90 Å². The number of fused-ring (bicyclic) bond motifs is 1. The van der Waals surface area contributed by atoms with Crippen LogP contribution in [0.25, 0.3) is 11.0 Å². The predicted octanol–water partition coefficient (Wildman–Crippen LogP) is 4.00. The number of hydrogen-bond donors (Lipinski definition) is 3. The van der Waals surface area contributed by atoms with E-state index in [2.05, 4.69) is 20.6 Å². The highest BCUT2D eigenvalue weighted by Crippen LogP contribution is 2.33. The predicted molar refractivity (Wildman–Crippen MR) is 95.0 cm³/mol. The highest BCUT2D eigenvalue weighted by atomic mass is 35.5. The highest BCUT2D eigenvalue weighted by Gasteiger charge is 2.09. The largest absolute Gasteiger partial charge is 0.508 e. The zero-order chi connectivity index (χ0) is 17.3. The van der Waals surface area contributed by atoms with Gasteiger partial charge in [-0.05, 0) is 36.8 Å². The maximum Gasteiger partial charge on any atom is 0.222 e. The average molecular weight is 343 g/mol. The van der Waals surface area contributed by atoms with E-state index in [0.29, 0.717) is 27.7 Å². The number of pyridine rings is 2. The Morgan fingerprint density at radius 3 is 2.75 bits per heavy atom. The minimum atomic E-state index is -0.196. The van der Waals surface area contributed by atoms with Crippen LogP contribution in [0.3, 0.4) is 0 Å². The molecule has 0 saturated heterocycles. The lowest BCUT2D eigenvalue weighted by molar-refractivity contribution is -0.114. The molecule has 0 bridgehead atoms. The van der Waals surface area contributed by atoms with Gasteiger partial charge in [-0.1, -0.05) is 11.6 Å². The van der Waals surface area contributed by atoms with Gasteiger partial charge in [-0.3, -0.25) is 4.79 Å². The van der Waals surface area contributed by atoms with Gasteiger partial charge < -0.3 is 15.7 Å². The number of nitrogens with zero attached hydrogens (tertiary/aromatic N) is 2. The molecule has 0 fully saturated rings. The van der Waals surface area contributed by atoms with Crippen molar-refractivity contribution in [2.24, 2.45) is 0 Å². The first-order valence-corrected chi connectivity index (χ1v) is 7.61. The first-order chi connectivity index (χ1) is 11.4. The Balaban J connectivity index is 2.01. The van der Waals surface area contributed by atoms with Crippen LogP contribution in [-0.2, 0) is 4.79 Å². The van der Waals surface area contributed by atoms with Crippen molar-refractivity contribution in [2.45, 2.75) is 13.8 Å². The Kier molecular flexibility index (Phi) is 4.22. The minimum absolute atomic E-state index is 0.159. The normalized spacial score (nSPS) is 10.6. The molecular formula is C17H15ClN4O2. The number of carbonyl (C=O) groups excluding carboxylic acids is 1. The molecule has 0 aliphatic heterocycles. The molecular weight excluding hydrogens is 328 g/mol. The van der Waals surface area contributed by atoms with Crippen LogP contribution >= 0.6 is 11.6 Å². The summed E-state index contributed by atoms with van der Waals surface area (Å²) < 4.78 is 0. The summed E-state index contributed by atoms with van der Waals surface area (Å²) in [5, 5.41) is 16.9. The third-order valence-electron chi connectivity index (χ3n) is 3.46. The van der Waals surface area contributed by atoms with Crippen LogP contribution in [0.5, 0.6) is 5.75 Å².